The van der Waals surface area contributed by atoms with Crippen LogP contribution in [0.2, 0.25) is 0 Å². The van der Waals surface area contributed by atoms with Gasteiger partial charge in [0.15, 0.2) is 0 Å². The minimum absolute atomic E-state index is 0.0540. The molecule has 0 spiro atoms. The number of aliphatic carboxylic acids is 1. The zero-order valence-electron chi connectivity index (χ0n) is 12.6. The zero-order valence-corrected chi connectivity index (χ0v) is 12.6. The van der Waals surface area contributed by atoms with Gasteiger partial charge in [0.25, 0.3) is 0 Å². The Morgan fingerprint density at radius 1 is 1.29 bits per heavy atom. The highest BCUT2D eigenvalue weighted by atomic mass is 16.4. The average molecular weight is 289 g/mol. The standard InChI is InChI=1S/C17H23NO3/c1-11(2)12-5-7-13(8-6-12)14-10-15(14)17(21)18-9-3-4-16(19)20/h5-8,11,14-15H,3-4,9-10H2,1-2H3,(H,18,21)(H,19,20)/t14-,15-/m0/s1. The minimum Gasteiger partial charge on any atom is -0.481 e. The number of hydrogen-bond acceptors (Lipinski definition) is 2. The second kappa shape index (κ2) is 6.74. The van der Waals surface area contributed by atoms with Gasteiger partial charge in [0.2, 0.25) is 5.91 Å². The van der Waals surface area contributed by atoms with Crippen LogP contribution < -0.4 is 5.32 Å². The molecule has 0 saturated heterocycles. The number of nitrogens with one attached hydrogen (secondary N) is 1. The third-order valence-corrected chi connectivity index (χ3v) is 4.03. The highest BCUT2D eigenvalue weighted by Gasteiger charge is 2.43. The average Bonchev–Trinajstić information content (AvgIpc) is 3.23. The summed E-state index contributed by atoms with van der Waals surface area (Å²) in [5.41, 5.74) is 2.54. The van der Waals surface area contributed by atoms with Crippen LogP contribution in [0.3, 0.4) is 0 Å². The Labute approximate surface area is 125 Å². The molecule has 0 aromatic heterocycles. The fourth-order valence-corrected chi connectivity index (χ4v) is 2.56. The topological polar surface area (TPSA) is 66.4 Å². The van der Waals surface area contributed by atoms with Crippen molar-refractivity contribution in [2.75, 3.05) is 6.54 Å². The Hall–Kier alpha value is -1.84. The molecule has 4 heteroatoms. The van der Waals surface area contributed by atoms with E-state index >= 15 is 0 Å². The van der Waals surface area contributed by atoms with Gasteiger partial charge >= 0.3 is 5.97 Å². The van der Waals surface area contributed by atoms with Crippen molar-refractivity contribution >= 4 is 11.9 Å². The van der Waals surface area contributed by atoms with Gasteiger partial charge < -0.3 is 10.4 Å². The summed E-state index contributed by atoms with van der Waals surface area (Å²) in [5, 5.41) is 11.4. The number of carboxylic acid groups (broad SMARTS) is 1. The van der Waals surface area contributed by atoms with Crippen LogP contribution in [0, 0.1) is 5.92 Å². The van der Waals surface area contributed by atoms with Crippen molar-refractivity contribution in [2.45, 2.75) is 44.9 Å². The van der Waals surface area contributed by atoms with Gasteiger partial charge in [0.1, 0.15) is 0 Å². The molecule has 4 nitrogen and oxygen atoms in total. The zero-order chi connectivity index (χ0) is 15.4. The first-order valence-corrected chi connectivity index (χ1v) is 7.58. The molecule has 1 amide bonds. The molecule has 1 fully saturated rings. The Morgan fingerprint density at radius 2 is 1.95 bits per heavy atom. The predicted octanol–water partition coefficient (Wildman–Crippen LogP) is 2.89. The monoisotopic (exact) mass is 289 g/mol. The fraction of sp³-hybridized carbons (Fsp3) is 0.529. The molecule has 0 bridgehead atoms. The first-order chi connectivity index (χ1) is 9.99. The van der Waals surface area contributed by atoms with Crippen molar-refractivity contribution in [3.8, 4) is 0 Å². The van der Waals surface area contributed by atoms with E-state index in [0.717, 1.165) is 6.42 Å². The van der Waals surface area contributed by atoms with Crippen molar-refractivity contribution in [1.29, 1.82) is 0 Å². The van der Waals surface area contributed by atoms with Gasteiger partial charge in [-0.2, -0.15) is 0 Å². The second-order valence-corrected chi connectivity index (χ2v) is 6.06. The van der Waals surface area contributed by atoms with E-state index in [4.69, 9.17) is 5.11 Å². The highest BCUT2D eigenvalue weighted by Crippen LogP contribution is 2.47. The molecular formula is C17H23NO3. The van der Waals surface area contributed by atoms with Crippen molar-refractivity contribution in [3.05, 3.63) is 35.4 Å². The third kappa shape index (κ3) is 4.31. The van der Waals surface area contributed by atoms with Crippen LogP contribution in [0.1, 0.15) is 56.1 Å². The molecule has 0 aliphatic heterocycles. The summed E-state index contributed by atoms with van der Waals surface area (Å²) in [5.74, 6) is 0.133. The molecular weight excluding hydrogens is 266 g/mol. The Morgan fingerprint density at radius 3 is 2.52 bits per heavy atom. The van der Waals surface area contributed by atoms with Gasteiger partial charge in [-0.15, -0.1) is 0 Å². The Kier molecular flexibility index (Phi) is 4.99. The van der Waals surface area contributed by atoms with Gasteiger partial charge in [-0.3, -0.25) is 9.59 Å². The van der Waals surface area contributed by atoms with Crippen LogP contribution in [0.15, 0.2) is 24.3 Å². The number of amides is 1. The molecule has 1 aliphatic rings. The van der Waals surface area contributed by atoms with Crippen molar-refractivity contribution in [2.24, 2.45) is 5.92 Å². The smallest absolute Gasteiger partial charge is 0.303 e. The van der Waals surface area contributed by atoms with Crippen LogP contribution >= 0.6 is 0 Å². The lowest BCUT2D eigenvalue weighted by atomic mass is 10.00. The maximum absolute atomic E-state index is 12.0. The van der Waals surface area contributed by atoms with E-state index in [-0.39, 0.29) is 18.2 Å². The molecule has 0 unspecified atom stereocenters. The van der Waals surface area contributed by atoms with Gasteiger partial charge in [-0.1, -0.05) is 38.1 Å². The summed E-state index contributed by atoms with van der Waals surface area (Å²) in [6, 6.07) is 8.52. The lowest BCUT2D eigenvalue weighted by molar-refractivity contribution is -0.137. The van der Waals surface area contributed by atoms with Crippen LogP contribution in [0.5, 0.6) is 0 Å². The molecule has 1 aliphatic carbocycles. The number of carbonyl (C=O) groups is 2. The van der Waals surface area contributed by atoms with E-state index in [0.29, 0.717) is 24.8 Å². The van der Waals surface area contributed by atoms with Crippen LogP contribution in [0.25, 0.3) is 0 Å². The Balaban J connectivity index is 1.78. The second-order valence-electron chi connectivity index (χ2n) is 6.06. The number of benzene rings is 1. The maximum Gasteiger partial charge on any atom is 0.303 e. The van der Waals surface area contributed by atoms with E-state index < -0.39 is 5.97 Å². The van der Waals surface area contributed by atoms with E-state index in [2.05, 4.69) is 43.4 Å². The van der Waals surface area contributed by atoms with Crippen LogP contribution in [-0.4, -0.2) is 23.5 Å². The van der Waals surface area contributed by atoms with E-state index in [9.17, 15) is 9.59 Å². The largest absolute Gasteiger partial charge is 0.481 e. The molecule has 0 heterocycles. The summed E-state index contributed by atoms with van der Waals surface area (Å²) in [4.78, 5) is 22.3. The minimum atomic E-state index is -0.821. The van der Waals surface area contributed by atoms with Gasteiger partial charge in [0.05, 0.1) is 0 Å². The third-order valence-electron chi connectivity index (χ3n) is 4.03. The number of hydrogen-bond donors (Lipinski definition) is 2. The first-order valence-electron chi connectivity index (χ1n) is 7.58. The van der Waals surface area contributed by atoms with E-state index in [1.165, 1.54) is 11.1 Å². The Bertz CT molecular complexity index is 507. The molecule has 2 N–H and O–H groups in total. The summed E-state index contributed by atoms with van der Waals surface area (Å²) in [7, 11) is 0. The number of carboxylic acids is 1. The normalized spacial score (nSPS) is 20.3. The summed E-state index contributed by atoms with van der Waals surface area (Å²) < 4.78 is 0. The van der Waals surface area contributed by atoms with Gasteiger partial charge in [-0.25, -0.2) is 0 Å². The van der Waals surface area contributed by atoms with Crippen LogP contribution in [0.4, 0.5) is 0 Å². The summed E-state index contributed by atoms with van der Waals surface area (Å²) in [6.45, 7) is 4.78. The van der Waals surface area contributed by atoms with E-state index in [1.54, 1.807) is 0 Å². The van der Waals surface area contributed by atoms with Gasteiger partial charge in [-0.05, 0) is 35.8 Å². The van der Waals surface area contributed by atoms with E-state index in [1.807, 2.05) is 0 Å². The lowest BCUT2D eigenvalue weighted by Gasteiger charge is -2.07. The molecule has 21 heavy (non-hydrogen) atoms. The van der Waals surface area contributed by atoms with Crippen molar-refractivity contribution in [3.63, 3.8) is 0 Å². The molecule has 1 saturated carbocycles. The SMILES string of the molecule is CC(C)c1ccc([C@@H]2C[C@@H]2C(=O)NCCCC(=O)O)cc1. The lowest BCUT2D eigenvalue weighted by Crippen LogP contribution is -2.26. The molecule has 0 radical (unpaired) electrons. The summed E-state index contributed by atoms with van der Waals surface area (Å²) in [6.07, 6.45) is 1.48. The van der Waals surface area contributed by atoms with Crippen molar-refractivity contribution < 1.29 is 14.7 Å². The molecule has 2 rings (SSSR count). The molecule has 1 aromatic rings. The quantitative estimate of drug-likeness (QED) is 0.758. The molecule has 2 atom stereocenters. The number of carbonyl (C=O) groups excluding carboxylic acids is 1. The molecule has 114 valence electrons. The highest BCUT2D eigenvalue weighted by molar-refractivity contribution is 5.82. The van der Waals surface area contributed by atoms with Crippen LogP contribution in [-0.2, 0) is 9.59 Å². The summed E-state index contributed by atoms with van der Waals surface area (Å²) >= 11 is 0. The fourth-order valence-electron chi connectivity index (χ4n) is 2.56. The van der Waals surface area contributed by atoms with Crippen molar-refractivity contribution in [1.82, 2.24) is 5.32 Å². The first kappa shape index (κ1) is 15.5. The maximum atomic E-state index is 12.0. The van der Waals surface area contributed by atoms with Gasteiger partial charge in [0, 0.05) is 18.9 Å². The number of rotatable bonds is 7. The predicted molar refractivity (Wildman–Crippen MR) is 81.3 cm³/mol. The molecule has 1 aromatic carbocycles.